The minimum absolute atomic E-state index is 0.294. The van der Waals surface area contributed by atoms with Gasteiger partial charge in [0.2, 0.25) is 0 Å². The van der Waals surface area contributed by atoms with Crippen LogP contribution >= 0.6 is 0 Å². The number of ether oxygens (including phenoxy) is 1. The Morgan fingerprint density at radius 2 is 3.00 bits per heavy atom. The van der Waals surface area contributed by atoms with Crippen molar-refractivity contribution in [2.45, 2.75) is 6.92 Å². The first-order chi connectivity index (χ1) is 2.77. The first-order valence-electron chi connectivity index (χ1n) is 1.90. The smallest absolute Gasteiger partial charge is 0.293 e. The van der Waals surface area contributed by atoms with Crippen molar-refractivity contribution in [3.05, 3.63) is 0 Å². The average Bonchev–Trinajstić information content (AvgIpc) is 1.35. The number of carbonyl (C=O) groups excluding carboxylic acids is 1. The fraction of sp³-hybridized carbons (Fsp3) is 0.667. The summed E-state index contributed by atoms with van der Waals surface area (Å²) < 4.78 is 10.2. The third-order valence-electron chi connectivity index (χ3n) is 0.203. The van der Waals surface area contributed by atoms with Crippen LogP contribution in [-0.4, -0.2) is 13.1 Å². The normalized spacial score (nSPS) is 9.40. The predicted molar refractivity (Wildman–Crippen MR) is 17.7 cm³/mol. The van der Waals surface area contributed by atoms with Gasteiger partial charge in [0.1, 0.15) is 0 Å². The SMILES string of the molecule is [1H]C(=O)OCC. The molecule has 0 saturated heterocycles. The van der Waals surface area contributed by atoms with Crippen molar-refractivity contribution < 1.29 is 10.9 Å². The van der Waals surface area contributed by atoms with Crippen LogP contribution < -0.4 is 0 Å². The fourth-order valence-electron chi connectivity index (χ4n) is 0.0589. The summed E-state index contributed by atoms with van der Waals surface area (Å²) in [4.78, 5) is 9.49. The molecule has 0 amide bonds. The number of rotatable bonds is 1. The van der Waals surface area contributed by atoms with Crippen molar-refractivity contribution in [2.24, 2.45) is 0 Å². The summed E-state index contributed by atoms with van der Waals surface area (Å²) in [6, 6.07) is 0. The molecule has 0 aromatic heterocycles. The molecule has 0 rings (SSSR count). The molecule has 0 aliphatic rings. The van der Waals surface area contributed by atoms with Crippen molar-refractivity contribution in [2.75, 3.05) is 6.61 Å². The highest BCUT2D eigenvalue weighted by atomic mass is 16.5. The summed E-state index contributed by atoms with van der Waals surface area (Å²) in [5.74, 6) is 0. The van der Waals surface area contributed by atoms with Gasteiger partial charge in [-0.15, -0.1) is 0 Å². The molecule has 0 spiro atoms. The molecule has 2 nitrogen and oxygen atoms in total. The van der Waals surface area contributed by atoms with E-state index in [9.17, 15) is 4.79 Å². The van der Waals surface area contributed by atoms with Crippen molar-refractivity contribution >= 4 is 6.45 Å². The lowest BCUT2D eigenvalue weighted by molar-refractivity contribution is -0.128. The maximum absolute atomic E-state index is 9.49. The van der Waals surface area contributed by atoms with E-state index in [-0.39, 0.29) is 0 Å². The molecule has 0 atom stereocenters. The first-order valence-corrected chi connectivity index (χ1v) is 1.40. The van der Waals surface area contributed by atoms with Crippen LogP contribution in [0.2, 0.25) is 0 Å². The highest BCUT2D eigenvalue weighted by Gasteiger charge is 1.60. The minimum Gasteiger partial charge on any atom is -0.468 e. The molecular formula is C3H6O2. The largest absolute Gasteiger partial charge is 0.468 e. The van der Waals surface area contributed by atoms with Gasteiger partial charge in [0.15, 0.2) is 1.37 Å². The average molecular weight is 74.1 g/mol. The van der Waals surface area contributed by atoms with Gasteiger partial charge in [0, 0.05) is 0 Å². The Morgan fingerprint density at radius 1 is 2.40 bits per heavy atom. The minimum atomic E-state index is -0.961. The summed E-state index contributed by atoms with van der Waals surface area (Å²) in [5.41, 5.74) is 0. The van der Waals surface area contributed by atoms with Gasteiger partial charge in [-0.1, -0.05) is 0 Å². The van der Waals surface area contributed by atoms with Crippen LogP contribution in [-0.2, 0) is 9.53 Å². The molecule has 0 fully saturated rings. The molecule has 0 unspecified atom stereocenters. The number of carbonyl (C=O) groups is 1. The monoisotopic (exact) mass is 74.0 g/mol. The highest BCUT2D eigenvalue weighted by Crippen LogP contribution is 1.55. The van der Waals surface area contributed by atoms with Crippen molar-refractivity contribution in [3.8, 4) is 0 Å². The van der Waals surface area contributed by atoms with Gasteiger partial charge in [0.25, 0.3) is 6.45 Å². The highest BCUT2D eigenvalue weighted by molar-refractivity contribution is 5.36. The summed E-state index contributed by atoms with van der Waals surface area (Å²) in [5, 5.41) is 0. The van der Waals surface area contributed by atoms with Crippen LogP contribution in [0.3, 0.4) is 0 Å². The third kappa shape index (κ3) is 3.47. The Bertz CT molecular complexity index is 52.8. The maximum atomic E-state index is 9.49. The molecule has 0 N–H and O–H groups in total. The van der Waals surface area contributed by atoms with Crippen LogP contribution in [0.5, 0.6) is 0 Å². The van der Waals surface area contributed by atoms with E-state index >= 15 is 0 Å². The topological polar surface area (TPSA) is 26.3 Å². The molecule has 5 heavy (non-hydrogen) atoms. The summed E-state index contributed by atoms with van der Waals surface area (Å²) >= 11 is 0. The lowest BCUT2D eigenvalue weighted by Gasteiger charge is -1.79. The second kappa shape index (κ2) is 3.47. The van der Waals surface area contributed by atoms with Crippen LogP contribution in [0.1, 0.15) is 8.29 Å². The van der Waals surface area contributed by atoms with E-state index in [1.165, 1.54) is 0 Å². The second-order valence-electron chi connectivity index (χ2n) is 0.516. The van der Waals surface area contributed by atoms with E-state index in [0.29, 0.717) is 6.61 Å². The molecule has 0 heterocycles. The van der Waals surface area contributed by atoms with E-state index in [4.69, 9.17) is 1.37 Å². The van der Waals surface area contributed by atoms with Crippen LogP contribution in [0.4, 0.5) is 0 Å². The first kappa shape index (κ1) is 2.69. The van der Waals surface area contributed by atoms with Gasteiger partial charge in [-0.05, 0) is 6.92 Å². The molecule has 0 aliphatic carbocycles. The molecule has 0 aromatic rings. The van der Waals surface area contributed by atoms with Crippen molar-refractivity contribution in [3.63, 3.8) is 0 Å². The molecule has 0 aromatic carbocycles. The zero-order valence-electron chi connectivity index (χ0n) is 4.02. The maximum Gasteiger partial charge on any atom is 0.293 e. The van der Waals surface area contributed by atoms with E-state index < -0.39 is 6.45 Å². The molecule has 0 radical (unpaired) electrons. The molecule has 0 aliphatic heterocycles. The Labute approximate surface area is 32.1 Å². The van der Waals surface area contributed by atoms with E-state index in [1.54, 1.807) is 6.92 Å². The molecular weight excluding hydrogens is 68.0 g/mol. The lowest BCUT2D eigenvalue weighted by Crippen LogP contribution is -1.80. The van der Waals surface area contributed by atoms with Crippen molar-refractivity contribution in [1.29, 1.82) is 0 Å². The molecule has 2 heteroatoms. The Hall–Kier alpha value is -0.530. The van der Waals surface area contributed by atoms with Gasteiger partial charge >= 0.3 is 0 Å². The fourth-order valence-corrected chi connectivity index (χ4v) is 0.0589. The summed E-state index contributed by atoms with van der Waals surface area (Å²) in [7, 11) is 0. The molecule has 30 valence electrons. The van der Waals surface area contributed by atoms with Gasteiger partial charge in [0.05, 0.1) is 6.61 Å². The predicted octanol–water partition coefficient (Wildman–Crippen LogP) is 0.179. The number of hydrogen-bond donors (Lipinski definition) is 0. The summed E-state index contributed by atoms with van der Waals surface area (Å²) in [6.45, 7) is 1.95. The quantitative estimate of drug-likeness (QED) is 0.415. The third-order valence-corrected chi connectivity index (χ3v) is 0.203. The zero-order valence-corrected chi connectivity index (χ0v) is 3.02. The standard InChI is InChI=1S/C3H6O2/c1-2-5-3-4/h3H,2H2,1H3/i3H. The van der Waals surface area contributed by atoms with Crippen LogP contribution in [0, 0.1) is 0 Å². The van der Waals surface area contributed by atoms with Gasteiger partial charge in [-0.3, -0.25) is 4.79 Å². The van der Waals surface area contributed by atoms with E-state index in [2.05, 4.69) is 4.74 Å². The van der Waals surface area contributed by atoms with Gasteiger partial charge in [-0.25, -0.2) is 0 Å². The summed E-state index contributed by atoms with van der Waals surface area (Å²) in [6.07, 6.45) is -0.961. The van der Waals surface area contributed by atoms with E-state index in [0.717, 1.165) is 0 Å². The van der Waals surface area contributed by atoms with Gasteiger partial charge in [-0.2, -0.15) is 0 Å². The Kier molecular flexibility index (Phi) is 1.87. The molecule has 0 bridgehead atoms. The second-order valence-corrected chi connectivity index (χ2v) is 0.516. The van der Waals surface area contributed by atoms with Crippen molar-refractivity contribution in [1.82, 2.24) is 0 Å². The Balaban J connectivity index is 2.83. The van der Waals surface area contributed by atoms with E-state index in [1.807, 2.05) is 0 Å². The van der Waals surface area contributed by atoms with Gasteiger partial charge < -0.3 is 4.74 Å². The zero-order chi connectivity index (χ0) is 4.99. The van der Waals surface area contributed by atoms with Crippen LogP contribution in [0.25, 0.3) is 0 Å². The Morgan fingerprint density at radius 3 is 3.00 bits per heavy atom. The lowest BCUT2D eigenvalue weighted by atomic mass is 10.9. The molecule has 0 saturated carbocycles. The number of hydrogen-bond acceptors (Lipinski definition) is 2. The van der Waals surface area contributed by atoms with Crippen LogP contribution in [0.15, 0.2) is 0 Å².